The van der Waals surface area contributed by atoms with E-state index >= 15 is 0 Å². The summed E-state index contributed by atoms with van der Waals surface area (Å²) in [7, 11) is 0. The molecule has 1 amide bonds. The highest BCUT2D eigenvalue weighted by Gasteiger charge is 2.41. The first-order valence-corrected chi connectivity index (χ1v) is 8.28. The lowest BCUT2D eigenvalue weighted by Gasteiger charge is -2.42. The van der Waals surface area contributed by atoms with Crippen molar-refractivity contribution in [2.24, 2.45) is 0 Å². The molecule has 25 heavy (non-hydrogen) atoms. The van der Waals surface area contributed by atoms with Gasteiger partial charge in [0.2, 0.25) is 0 Å². The Hall–Kier alpha value is -2.41. The fraction of sp³-hybridized carbons (Fsp3) is 0.444. The Morgan fingerprint density at radius 3 is 3.00 bits per heavy atom. The Bertz CT molecular complexity index is 759. The maximum atomic E-state index is 13.4. The molecule has 1 aliphatic heterocycles. The smallest absolute Gasteiger partial charge is 0.276 e. The summed E-state index contributed by atoms with van der Waals surface area (Å²) in [6.45, 7) is 4.12. The van der Waals surface area contributed by atoms with Gasteiger partial charge in [-0.1, -0.05) is 18.1 Å². The lowest BCUT2D eigenvalue weighted by molar-refractivity contribution is -0.0883. The molecule has 2 heterocycles. The zero-order chi connectivity index (χ0) is 18.0. The summed E-state index contributed by atoms with van der Waals surface area (Å²) in [6, 6.07) is 7.34. The molecule has 6 nitrogen and oxygen atoms in total. The summed E-state index contributed by atoms with van der Waals surface area (Å²) in [6.07, 6.45) is 0.321. The average molecular weight is 348 g/mol. The molecule has 0 unspecified atom stereocenters. The van der Waals surface area contributed by atoms with Gasteiger partial charge in [0.25, 0.3) is 5.91 Å². The van der Waals surface area contributed by atoms with Gasteiger partial charge in [0.1, 0.15) is 29.0 Å². The number of aliphatic hydroxyl groups is 1. The van der Waals surface area contributed by atoms with Crippen molar-refractivity contribution in [3.8, 4) is 5.75 Å². The van der Waals surface area contributed by atoms with Crippen LogP contribution in [0.25, 0.3) is 0 Å². The molecule has 1 N–H and O–H groups in total. The lowest BCUT2D eigenvalue weighted by atomic mass is 9.90. The van der Waals surface area contributed by atoms with Crippen LogP contribution in [0.4, 0.5) is 4.39 Å². The topological polar surface area (TPSA) is 75.8 Å². The Morgan fingerprint density at radius 1 is 1.52 bits per heavy atom. The highest BCUT2D eigenvalue weighted by atomic mass is 19.1. The van der Waals surface area contributed by atoms with Gasteiger partial charge in [-0.2, -0.15) is 0 Å². The molecule has 1 aromatic carbocycles. The second-order valence-corrected chi connectivity index (χ2v) is 6.45. The van der Waals surface area contributed by atoms with Gasteiger partial charge < -0.3 is 19.3 Å². The number of halogens is 1. The quantitative estimate of drug-likeness (QED) is 0.918. The average Bonchev–Trinajstić information content (AvgIpc) is 3.05. The van der Waals surface area contributed by atoms with Crippen LogP contribution in [0.5, 0.6) is 5.75 Å². The molecule has 0 spiro atoms. The monoisotopic (exact) mass is 348 g/mol. The van der Waals surface area contributed by atoms with Crippen LogP contribution in [0.2, 0.25) is 0 Å². The molecule has 0 radical (unpaired) electrons. The first kappa shape index (κ1) is 17.4. The van der Waals surface area contributed by atoms with Gasteiger partial charge >= 0.3 is 0 Å². The third kappa shape index (κ3) is 3.82. The van der Waals surface area contributed by atoms with Crippen molar-refractivity contribution in [1.82, 2.24) is 10.1 Å². The van der Waals surface area contributed by atoms with E-state index in [1.165, 1.54) is 18.2 Å². The van der Waals surface area contributed by atoms with Gasteiger partial charge in [-0.3, -0.25) is 4.79 Å². The second-order valence-electron chi connectivity index (χ2n) is 6.45. The first-order chi connectivity index (χ1) is 11.9. The number of hydrogen-bond acceptors (Lipinski definition) is 5. The van der Waals surface area contributed by atoms with E-state index in [-0.39, 0.29) is 18.1 Å². The Morgan fingerprint density at radius 2 is 2.32 bits per heavy atom. The normalized spacial score (nSPS) is 23.5. The molecule has 1 saturated heterocycles. The number of aryl methyl sites for hydroxylation is 1. The van der Waals surface area contributed by atoms with Crippen molar-refractivity contribution < 1.29 is 23.6 Å². The predicted octanol–water partition coefficient (Wildman–Crippen LogP) is 2.42. The molecular weight excluding hydrogens is 327 g/mol. The standard InChI is InChI=1S/C18H21FN2O4/c1-3-13-10-15(20-25-13)17(22)21-8-7-18(2,23)16(11-21)24-14-6-4-5-12(19)9-14/h4-6,9-10,16,23H,3,7-8,11H2,1-2H3/t16-,18-/m1/s1. The second kappa shape index (κ2) is 6.84. The molecule has 0 bridgehead atoms. The fourth-order valence-corrected chi connectivity index (χ4v) is 2.81. The number of ether oxygens (including phenoxy) is 1. The van der Waals surface area contributed by atoms with E-state index in [9.17, 15) is 14.3 Å². The summed E-state index contributed by atoms with van der Waals surface area (Å²) >= 11 is 0. The molecule has 0 saturated carbocycles. The number of piperidine rings is 1. The summed E-state index contributed by atoms with van der Waals surface area (Å²) in [5.74, 6) is 0.261. The number of carbonyl (C=O) groups excluding carboxylic acids is 1. The van der Waals surface area contributed by atoms with Crippen molar-refractivity contribution in [3.63, 3.8) is 0 Å². The van der Waals surface area contributed by atoms with E-state index in [1.54, 1.807) is 24.0 Å². The van der Waals surface area contributed by atoms with Gasteiger partial charge in [-0.15, -0.1) is 0 Å². The molecule has 3 rings (SSSR count). The third-order valence-electron chi connectivity index (χ3n) is 4.46. The summed E-state index contributed by atoms with van der Waals surface area (Å²) in [5.41, 5.74) is -0.885. The van der Waals surface area contributed by atoms with Gasteiger partial charge in [0.05, 0.1) is 6.54 Å². The number of carbonyl (C=O) groups is 1. The zero-order valence-electron chi connectivity index (χ0n) is 14.2. The van der Waals surface area contributed by atoms with Crippen LogP contribution in [0.15, 0.2) is 34.9 Å². The van der Waals surface area contributed by atoms with Crippen molar-refractivity contribution in [3.05, 3.63) is 47.6 Å². The number of rotatable bonds is 4. The SMILES string of the molecule is CCc1cc(C(=O)N2CC[C@@](C)(O)[C@H](Oc3cccc(F)c3)C2)no1. The predicted molar refractivity (Wildman–Crippen MR) is 87.8 cm³/mol. The maximum absolute atomic E-state index is 13.4. The molecule has 7 heteroatoms. The number of hydrogen-bond donors (Lipinski definition) is 1. The van der Waals surface area contributed by atoms with E-state index < -0.39 is 17.5 Å². The molecule has 134 valence electrons. The minimum absolute atomic E-state index is 0.177. The van der Waals surface area contributed by atoms with Crippen LogP contribution in [-0.2, 0) is 6.42 Å². The highest BCUT2D eigenvalue weighted by molar-refractivity contribution is 5.92. The van der Waals surface area contributed by atoms with Crippen LogP contribution in [0, 0.1) is 5.82 Å². The molecule has 1 aromatic heterocycles. The van der Waals surface area contributed by atoms with Gasteiger partial charge in [0.15, 0.2) is 5.69 Å². The Balaban J connectivity index is 1.74. The molecule has 1 fully saturated rings. The number of nitrogens with zero attached hydrogens (tertiary/aromatic N) is 2. The van der Waals surface area contributed by atoms with Crippen LogP contribution >= 0.6 is 0 Å². The molecule has 1 aliphatic rings. The first-order valence-electron chi connectivity index (χ1n) is 8.28. The molecule has 2 atom stereocenters. The number of benzene rings is 1. The van der Waals surface area contributed by atoms with E-state index in [4.69, 9.17) is 9.26 Å². The Kier molecular flexibility index (Phi) is 4.76. The van der Waals surface area contributed by atoms with E-state index in [0.29, 0.717) is 30.9 Å². The minimum atomic E-state index is -1.12. The molecule has 2 aromatic rings. The third-order valence-corrected chi connectivity index (χ3v) is 4.46. The summed E-state index contributed by atoms with van der Waals surface area (Å²) in [5, 5.41) is 14.4. The Labute approximate surface area is 145 Å². The number of aromatic nitrogens is 1. The van der Waals surface area contributed by atoms with Crippen molar-refractivity contribution in [2.45, 2.75) is 38.4 Å². The highest BCUT2D eigenvalue weighted by Crippen LogP contribution is 2.27. The summed E-state index contributed by atoms with van der Waals surface area (Å²) in [4.78, 5) is 14.2. The number of likely N-dealkylation sites (tertiary alicyclic amines) is 1. The van der Waals surface area contributed by atoms with Gasteiger partial charge in [-0.05, 0) is 25.5 Å². The van der Waals surface area contributed by atoms with Gasteiger partial charge in [-0.25, -0.2) is 4.39 Å². The number of amides is 1. The van der Waals surface area contributed by atoms with Crippen LogP contribution in [0.1, 0.15) is 36.5 Å². The largest absolute Gasteiger partial charge is 0.485 e. The lowest BCUT2D eigenvalue weighted by Crippen LogP contribution is -2.57. The van der Waals surface area contributed by atoms with E-state index in [1.807, 2.05) is 6.92 Å². The van der Waals surface area contributed by atoms with E-state index in [2.05, 4.69) is 5.16 Å². The van der Waals surface area contributed by atoms with Crippen LogP contribution in [-0.4, -0.2) is 45.9 Å². The van der Waals surface area contributed by atoms with E-state index in [0.717, 1.165) is 0 Å². The molecular formula is C18H21FN2O4. The maximum Gasteiger partial charge on any atom is 0.276 e. The molecule has 0 aliphatic carbocycles. The van der Waals surface area contributed by atoms with Crippen molar-refractivity contribution in [2.75, 3.05) is 13.1 Å². The summed E-state index contributed by atoms with van der Waals surface area (Å²) < 4.78 is 24.2. The zero-order valence-corrected chi connectivity index (χ0v) is 14.2. The van der Waals surface area contributed by atoms with Crippen molar-refractivity contribution in [1.29, 1.82) is 0 Å². The van der Waals surface area contributed by atoms with Crippen LogP contribution < -0.4 is 4.74 Å². The fourth-order valence-electron chi connectivity index (χ4n) is 2.81. The minimum Gasteiger partial charge on any atom is -0.485 e. The van der Waals surface area contributed by atoms with Crippen LogP contribution in [0.3, 0.4) is 0 Å². The van der Waals surface area contributed by atoms with Gasteiger partial charge in [0, 0.05) is 25.1 Å². The van der Waals surface area contributed by atoms with Crippen molar-refractivity contribution >= 4 is 5.91 Å².